The first-order valence-electron chi connectivity index (χ1n) is 11.1. The van der Waals surface area contributed by atoms with E-state index in [1.54, 1.807) is 121 Å². The van der Waals surface area contributed by atoms with Crippen LogP contribution in [0, 0.1) is 0 Å². The monoisotopic (exact) mass is 511 g/mol. The van der Waals surface area contributed by atoms with E-state index in [0.717, 1.165) is 0 Å². The van der Waals surface area contributed by atoms with Crippen LogP contribution in [0.4, 0.5) is 0 Å². The van der Waals surface area contributed by atoms with E-state index < -0.39 is 19.7 Å². The number of sulfone groups is 2. The van der Waals surface area contributed by atoms with Gasteiger partial charge in [0.25, 0.3) is 0 Å². The van der Waals surface area contributed by atoms with Gasteiger partial charge in [-0.15, -0.1) is 0 Å². The Morgan fingerprint density at radius 3 is 1.69 bits per heavy atom. The van der Waals surface area contributed by atoms with Crippen LogP contribution in [0.3, 0.4) is 0 Å². The Kier molecular flexibility index (Phi) is 6.26. The van der Waals surface area contributed by atoms with E-state index >= 15 is 0 Å². The van der Waals surface area contributed by atoms with Crippen LogP contribution in [0.15, 0.2) is 147 Å². The zero-order valence-electron chi connectivity index (χ0n) is 19.0. The molecule has 0 atom stereocenters. The molecular weight excluding hydrogens is 490 g/mol. The zero-order chi connectivity index (χ0) is 25.2. The average molecular weight is 512 g/mol. The van der Waals surface area contributed by atoms with E-state index in [1.165, 1.54) is 6.07 Å². The van der Waals surface area contributed by atoms with Crippen LogP contribution in [0.2, 0.25) is 0 Å². The second-order valence-corrected chi connectivity index (χ2v) is 12.0. The number of benzene rings is 4. The van der Waals surface area contributed by atoms with Crippen molar-refractivity contribution in [2.75, 3.05) is 0 Å². The molecule has 5 aromatic rings. The third-order valence-corrected chi connectivity index (χ3v) is 9.37. The fourth-order valence-electron chi connectivity index (χ4n) is 3.96. The quantitative estimate of drug-likeness (QED) is 0.276. The molecule has 5 nitrogen and oxygen atoms in total. The summed E-state index contributed by atoms with van der Waals surface area (Å²) in [6, 6.07) is 33.3. The molecule has 0 fully saturated rings. The van der Waals surface area contributed by atoms with Crippen LogP contribution in [-0.4, -0.2) is 21.8 Å². The molecule has 1 heterocycles. The summed E-state index contributed by atoms with van der Waals surface area (Å²) in [4.78, 5) is 4.95. The van der Waals surface area contributed by atoms with Crippen molar-refractivity contribution < 1.29 is 16.8 Å². The molecule has 1 aromatic heterocycles. The molecule has 7 heteroatoms. The molecule has 5 rings (SSSR count). The lowest BCUT2D eigenvalue weighted by Gasteiger charge is -2.14. The molecule has 36 heavy (non-hydrogen) atoms. The van der Waals surface area contributed by atoms with Crippen molar-refractivity contribution in [1.82, 2.24) is 4.98 Å². The Morgan fingerprint density at radius 1 is 0.472 bits per heavy atom. The van der Waals surface area contributed by atoms with Gasteiger partial charge in [0.2, 0.25) is 19.7 Å². The molecule has 0 unspecified atom stereocenters. The lowest BCUT2D eigenvalue weighted by molar-refractivity contribution is 0.594. The second-order valence-electron chi connectivity index (χ2n) is 8.09. The van der Waals surface area contributed by atoms with E-state index in [4.69, 9.17) is 0 Å². The van der Waals surface area contributed by atoms with E-state index in [1.807, 2.05) is 0 Å². The van der Waals surface area contributed by atoms with Crippen molar-refractivity contribution in [1.29, 1.82) is 0 Å². The Labute approximate surface area is 210 Å². The molecule has 0 amide bonds. The molecule has 0 spiro atoms. The van der Waals surface area contributed by atoms with Gasteiger partial charge >= 0.3 is 0 Å². The minimum atomic E-state index is -3.89. The Balaban J connectivity index is 1.67. The summed E-state index contributed by atoms with van der Waals surface area (Å²) in [5.74, 6) is 0. The largest absolute Gasteiger partial charge is 0.256 e. The highest BCUT2D eigenvalue weighted by molar-refractivity contribution is 7.92. The maximum absolute atomic E-state index is 13.7. The van der Waals surface area contributed by atoms with Gasteiger partial charge in [-0.1, -0.05) is 66.7 Å². The fraction of sp³-hybridized carbons (Fsp3) is 0. The minimum absolute atomic E-state index is 0.0984. The maximum atomic E-state index is 13.7. The van der Waals surface area contributed by atoms with Gasteiger partial charge in [-0.3, -0.25) is 4.98 Å². The molecule has 0 saturated heterocycles. The molecule has 0 radical (unpaired) electrons. The number of hydrogen-bond donors (Lipinski definition) is 0. The van der Waals surface area contributed by atoms with Crippen LogP contribution in [-0.2, 0) is 19.7 Å². The third kappa shape index (κ3) is 4.46. The van der Waals surface area contributed by atoms with Crippen molar-refractivity contribution in [3.05, 3.63) is 128 Å². The number of rotatable bonds is 6. The smallest absolute Gasteiger partial charge is 0.207 e. The van der Waals surface area contributed by atoms with Crippen LogP contribution in [0.5, 0.6) is 0 Å². The molecule has 0 N–H and O–H groups in total. The summed E-state index contributed by atoms with van der Waals surface area (Å²) in [7, 11) is -7.62. The number of nitrogens with zero attached hydrogens (tertiary/aromatic N) is 1. The van der Waals surface area contributed by atoms with Crippen molar-refractivity contribution in [3.8, 4) is 22.4 Å². The Morgan fingerprint density at radius 2 is 1.06 bits per heavy atom. The highest BCUT2D eigenvalue weighted by atomic mass is 32.2. The van der Waals surface area contributed by atoms with Crippen molar-refractivity contribution in [2.45, 2.75) is 19.6 Å². The topological polar surface area (TPSA) is 81.2 Å². The second kappa shape index (κ2) is 9.53. The maximum Gasteiger partial charge on any atom is 0.207 e. The van der Waals surface area contributed by atoms with Gasteiger partial charge in [0.15, 0.2) is 0 Å². The van der Waals surface area contributed by atoms with Crippen LogP contribution >= 0.6 is 0 Å². The summed E-state index contributed by atoms with van der Waals surface area (Å²) < 4.78 is 53.7. The average Bonchev–Trinajstić information content (AvgIpc) is 2.94. The third-order valence-electron chi connectivity index (χ3n) is 5.80. The van der Waals surface area contributed by atoms with E-state index in [9.17, 15) is 16.8 Å². The summed E-state index contributed by atoms with van der Waals surface area (Å²) in [5, 5.41) is 0. The van der Waals surface area contributed by atoms with Gasteiger partial charge in [0.1, 0.15) is 0 Å². The highest BCUT2D eigenvalue weighted by Gasteiger charge is 2.24. The van der Waals surface area contributed by atoms with Gasteiger partial charge in [-0.2, -0.15) is 0 Å². The SMILES string of the molecule is O=S(=O)(c1ccccc1)c1cccc(-c2ccc(-c3ccccn3)c(S(=O)(=O)c3ccccc3)c2)c1. The lowest BCUT2D eigenvalue weighted by atomic mass is 10.0. The Bertz CT molecular complexity index is 1740. The van der Waals surface area contributed by atoms with Crippen LogP contribution < -0.4 is 0 Å². The first kappa shape index (κ1) is 23.7. The minimum Gasteiger partial charge on any atom is -0.256 e. The predicted molar refractivity (Wildman–Crippen MR) is 139 cm³/mol. The zero-order valence-corrected chi connectivity index (χ0v) is 20.7. The summed E-state index contributed by atoms with van der Waals surface area (Å²) >= 11 is 0. The summed E-state index contributed by atoms with van der Waals surface area (Å²) in [6.45, 7) is 0. The molecule has 0 aliphatic carbocycles. The van der Waals surface area contributed by atoms with Gasteiger partial charge < -0.3 is 0 Å². The van der Waals surface area contributed by atoms with Gasteiger partial charge in [0.05, 0.1) is 25.3 Å². The molecule has 0 saturated carbocycles. The number of pyridine rings is 1. The normalized spacial score (nSPS) is 11.8. The highest BCUT2D eigenvalue weighted by Crippen LogP contribution is 2.35. The molecule has 0 bridgehead atoms. The summed E-state index contributed by atoms with van der Waals surface area (Å²) in [6.07, 6.45) is 1.61. The molecule has 178 valence electrons. The Hall–Kier alpha value is -4.07. The lowest BCUT2D eigenvalue weighted by Crippen LogP contribution is -2.05. The predicted octanol–water partition coefficient (Wildman–Crippen LogP) is 6.08. The van der Waals surface area contributed by atoms with Gasteiger partial charge in [0, 0.05) is 11.8 Å². The fourth-order valence-corrected chi connectivity index (χ4v) is 6.80. The number of hydrogen-bond acceptors (Lipinski definition) is 5. The van der Waals surface area contributed by atoms with Crippen molar-refractivity contribution >= 4 is 19.7 Å². The van der Waals surface area contributed by atoms with Gasteiger partial charge in [-0.25, -0.2) is 16.8 Å². The van der Waals surface area contributed by atoms with Crippen molar-refractivity contribution in [2.24, 2.45) is 0 Å². The molecule has 0 aliphatic heterocycles. The van der Waals surface area contributed by atoms with Gasteiger partial charge in [-0.05, 0) is 65.7 Å². The molecule has 0 aliphatic rings. The van der Waals surface area contributed by atoms with Crippen LogP contribution in [0.1, 0.15) is 0 Å². The van der Waals surface area contributed by atoms with Crippen LogP contribution in [0.25, 0.3) is 22.4 Å². The van der Waals surface area contributed by atoms with E-state index in [0.29, 0.717) is 22.4 Å². The summed E-state index contributed by atoms with van der Waals surface area (Å²) in [5.41, 5.74) is 2.16. The van der Waals surface area contributed by atoms with E-state index in [2.05, 4.69) is 4.98 Å². The standard InChI is InChI=1S/C29H21NO4S2/c31-35(32,24-11-3-1-4-12-24)26-15-9-10-22(20-26)23-17-18-27(28-16-7-8-19-30-28)29(21-23)36(33,34)25-13-5-2-6-14-25/h1-21H. The van der Waals surface area contributed by atoms with Crippen molar-refractivity contribution in [3.63, 3.8) is 0 Å². The number of aromatic nitrogens is 1. The first-order valence-corrected chi connectivity index (χ1v) is 14.1. The first-order chi connectivity index (χ1) is 17.4. The molecule has 4 aromatic carbocycles. The molecular formula is C29H21NO4S2. The van der Waals surface area contributed by atoms with E-state index in [-0.39, 0.29) is 19.6 Å².